The van der Waals surface area contributed by atoms with Crippen LogP contribution in [0.5, 0.6) is 11.6 Å². The first kappa shape index (κ1) is 19.3. The molecule has 0 unspecified atom stereocenters. The third kappa shape index (κ3) is 5.49. The molecule has 0 bridgehead atoms. The first-order chi connectivity index (χ1) is 13.0. The maximum absolute atomic E-state index is 9.40. The Kier molecular flexibility index (Phi) is 6.37. The van der Waals surface area contributed by atoms with Crippen LogP contribution in [-0.2, 0) is 13.5 Å². The van der Waals surface area contributed by atoms with Gasteiger partial charge in [-0.15, -0.1) is 0 Å². The molecular weight excluding hydrogens is 362 g/mol. The van der Waals surface area contributed by atoms with Gasteiger partial charge in [0, 0.05) is 36.8 Å². The molecule has 0 spiro atoms. The highest BCUT2D eigenvalue weighted by Crippen LogP contribution is 2.24. The highest BCUT2D eigenvalue weighted by Gasteiger charge is 2.09. The molecule has 0 atom stereocenters. The summed E-state index contributed by atoms with van der Waals surface area (Å²) in [5, 5.41) is 14.6. The van der Waals surface area contributed by atoms with Gasteiger partial charge >= 0.3 is 0 Å². The number of phenols is 1. The lowest BCUT2D eigenvalue weighted by Gasteiger charge is -2.16. The topological polar surface area (TPSA) is 50.5 Å². The second kappa shape index (κ2) is 8.93. The van der Waals surface area contributed by atoms with E-state index in [2.05, 4.69) is 29.2 Å². The molecule has 1 heterocycles. The Morgan fingerprint density at radius 2 is 1.78 bits per heavy atom. The van der Waals surface area contributed by atoms with Gasteiger partial charge in [-0.3, -0.25) is 0 Å². The lowest BCUT2D eigenvalue weighted by atomic mass is 10.1. The molecule has 0 aliphatic rings. The number of hydrogen-bond donors (Lipinski definition) is 1. The van der Waals surface area contributed by atoms with Crippen LogP contribution in [-0.4, -0.2) is 46.5 Å². The van der Waals surface area contributed by atoms with Gasteiger partial charge in [-0.2, -0.15) is 5.10 Å². The smallest absolute Gasteiger partial charge is 0.212 e. The minimum atomic E-state index is 0.243. The van der Waals surface area contributed by atoms with E-state index in [1.165, 1.54) is 5.56 Å². The number of rotatable bonds is 8. The molecule has 3 rings (SSSR count). The van der Waals surface area contributed by atoms with Gasteiger partial charge in [0.05, 0.1) is 5.69 Å². The van der Waals surface area contributed by atoms with E-state index in [9.17, 15) is 5.11 Å². The van der Waals surface area contributed by atoms with Gasteiger partial charge in [-0.25, -0.2) is 4.68 Å². The number of benzene rings is 2. The van der Waals surface area contributed by atoms with Crippen molar-refractivity contribution in [1.82, 2.24) is 14.7 Å². The lowest BCUT2D eigenvalue weighted by molar-refractivity contribution is 0.226. The van der Waals surface area contributed by atoms with Crippen molar-refractivity contribution >= 4 is 11.6 Å². The standard InChI is InChI=1S/C21H24ClN3O2/c1-24(12-11-16-3-7-18(22)8-4-16)13-14-27-21-15-20(23-25(21)2)17-5-9-19(26)10-6-17/h3-10,15,26H,11-14H2,1-2H3. The average Bonchev–Trinajstić information content (AvgIpc) is 3.02. The average molecular weight is 386 g/mol. The van der Waals surface area contributed by atoms with Gasteiger partial charge in [0.25, 0.3) is 0 Å². The van der Waals surface area contributed by atoms with Crippen molar-refractivity contribution in [3.05, 3.63) is 65.2 Å². The summed E-state index contributed by atoms with van der Waals surface area (Å²) in [6.07, 6.45) is 0.977. The number of aromatic nitrogens is 2. The molecule has 0 amide bonds. The van der Waals surface area contributed by atoms with E-state index in [4.69, 9.17) is 16.3 Å². The zero-order valence-electron chi connectivity index (χ0n) is 15.6. The van der Waals surface area contributed by atoms with Crippen LogP contribution in [0.1, 0.15) is 5.56 Å². The third-order valence-electron chi connectivity index (χ3n) is 4.42. The minimum absolute atomic E-state index is 0.243. The molecule has 6 heteroatoms. The van der Waals surface area contributed by atoms with Crippen molar-refractivity contribution in [2.75, 3.05) is 26.7 Å². The molecule has 1 aromatic heterocycles. The van der Waals surface area contributed by atoms with Gasteiger partial charge in [0.15, 0.2) is 0 Å². The zero-order chi connectivity index (χ0) is 19.2. The van der Waals surface area contributed by atoms with E-state index in [-0.39, 0.29) is 5.75 Å². The summed E-state index contributed by atoms with van der Waals surface area (Å²) < 4.78 is 7.63. The first-order valence-corrected chi connectivity index (χ1v) is 9.28. The number of aryl methyl sites for hydroxylation is 1. The summed E-state index contributed by atoms with van der Waals surface area (Å²) in [5.41, 5.74) is 3.04. The van der Waals surface area contributed by atoms with Gasteiger partial charge in [0.2, 0.25) is 5.88 Å². The van der Waals surface area contributed by atoms with E-state index in [0.29, 0.717) is 6.61 Å². The van der Waals surface area contributed by atoms with E-state index in [1.54, 1.807) is 16.8 Å². The Morgan fingerprint density at radius 1 is 1.07 bits per heavy atom. The molecule has 2 aromatic carbocycles. The number of likely N-dealkylation sites (N-methyl/N-ethyl adjacent to an activating group) is 1. The number of aromatic hydroxyl groups is 1. The predicted molar refractivity (Wildman–Crippen MR) is 108 cm³/mol. The van der Waals surface area contributed by atoms with E-state index in [0.717, 1.165) is 41.7 Å². The molecule has 5 nitrogen and oxygen atoms in total. The van der Waals surface area contributed by atoms with E-state index < -0.39 is 0 Å². The molecule has 27 heavy (non-hydrogen) atoms. The molecular formula is C21H24ClN3O2. The quantitative estimate of drug-likeness (QED) is 0.636. The normalized spacial score (nSPS) is 11.1. The minimum Gasteiger partial charge on any atom is -0.508 e. The second-order valence-corrected chi connectivity index (χ2v) is 7.00. The first-order valence-electron chi connectivity index (χ1n) is 8.90. The summed E-state index contributed by atoms with van der Waals surface area (Å²) in [6.45, 7) is 2.37. The molecule has 1 N–H and O–H groups in total. The number of ether oxygens (including phenoxy) is 1. The Bertz CT molecular complexity index is 860. The van der Waals surface area contributed by atoms with Crippen molar-refractivity contribution in [3.8, 4) is 22.9 Å². The Labute approximate surface area is 164 Å². The monoisotopic (exact) mass is 385 g/mol. The van der Waals surface area contributed by atoms with Crippen LogP contribution in [0.3, 0.4) is 0 Å². The van der Waals surface area contributed by atoms with Crippen molar-refractivity contribution in [1.29, 1.82) is 0 Å². The van der Waals surface area contributed by atoms with Crippen LogP contribution in [0.15, 0.2) is 54.6 Å². The number of hydrogen-bond acceptors (Lipinski definition) is 4. The Morgan fingerprint density at radius 3 is 2.48 bits per heavy atom. The Balaban J connectivity index is 1.47. The van der Waals surface area contributed by atoms with Crippen molar-refractivity contribution < 1.29 is 9.84 Å². The van der Waals surface area contributed by atoms with Crippen molar-refractivity contribution in [3.63, 3.8) is 0 Å². The summed E-state index contributed by atoms with van der Waals surface area (Å²) >= 11 is 5.92. The predicted octanol–water partition coefficient (Wildman–Crippen LogP) is 4.00. The summed E-state index contributed by atoms with van der Waals surface area (Å²) in [7, 11) is 3.95. The lowest BCUT2D eigenvalue weighted by Crippen LogP contribution is -2.26. The van der Waals surface area contributed by atoms with Crippen molar-refractivity contribution in [2.24, 2.45) is 7.05 Å². The molecule has 0 radical (unpaired) electrons. The molecule has 0 aliphatic heterocycles. The molecule has 0 fully saturated rings. The van der Waals surface area contributed by atoms with Gasteiger partial charge < -0.3 is 14.7 Å². The maximum atomic E-state index is 9.40. The van der Waals surface area contributed by atoms with Gasteiger partial charge in [-0.05, 0) is 55.4 Å². The SMILES string of the molecule is CN(CCOc1cc(-c2ccc(O)cc2)nn1C)CCc1ccc(Cl)cc1. The van der Waals surface area contributed by atoms with Crippen LogP contribution in [0.2, 0.25) is 5.02 Å². The number of phenolic OH excluding ortho intramolecular Hbond substituents is 1. The zero-order valence-corrected chi connectivity index (χ0v) is 16.4. The van der Waals surface area contributed by atoms with E-state index >= 15 is 0 Å². The van der Waals surface area contributed by atoms with Crippen LogP contribution >= 0.6 is 11.6 Å². The fraction of sp³-hybridized carbons (Fsp3) is 0.286. The molecule has 0 saturated carbocycles. The van der Waals surface area contributed by atoms with E-state index in [1.807, 2.05) is 37.4 Å². The highest BCUT2D eigenvalue weighted by molar-refractivity contribution is 6.30. The van der Waals surface area contributed by atoms with Gasteiger partial charge in [-0.1, -0.05) is 23.7 Å². The van der Waals surface area contributed by atoms with Gasteiger partial charge in [0.1, 0.15) is 12.4 Å². The second-order valence-electron chi connectivity index (χ2n) is 6.57. The molecule has 0 saturated heterocycles. The fourth-order valence-electron chi connectivity index (χ4n) is 2.75. The number of halogens is 1. The maximum Gasteiger partial charge on any atom is 0.212 e. The van der Waals surface area contributed by atoms with Crippen LogP contribution in [0.4, 0.5) is 0 Å². The fourth-order valence-corrected chi connectivity index (χ4v) is 2.87. The summed E-state index contributed by atoms with van der Waals surface area (Å²) in [6, 6.07) is 16.9. The summed E-state index contributed by atoms with van der Waals surface area (Å²) in [5.74, 6) is 0.969. The van der Waals surface area contributed by atoms with Crippen LogP contribution in [0, 0.1) is 0 Å². The molecule has 3 aromatic rings. The largest absolute Gasteiger partial charge is 0.508 e. The third-order valence-corrected chi connectivity index (χ3v) is 4.67. The summed E-state index contributed by atoms with van der Waals surface area (Å²) in [4.78, 5) is 2.24. The highest BCUT2D eigenvalue weighted by atomic mass is 35.5. The molecule has 0 aliphatic carbocycles. The van der Waals surface area contributed by atoms with Crippen LogP contribution in [0.25, 0.3) is 11.3 Å². The molecule has 142 valence electrons. The van der Waals surface area contributed by atoms with Crippen LogP contribution < -0.4 is 4.74 Å². The van der Waals surface area contributed by atoms with Crippen molar-refractivity contribution in [2.45, 2.75) is 6.42 Å². The number of nitrogens with zero attached hydrogens (tertiary/aromatic N) is 3. The Hall–Kier alpha value is -2.50.